The topological polar surface area (TPSA) is 91.4 Å². The molecule has 7 nitrogen and oxygen atoms in total. The summed E-state index contributed by atoms with van der Waals surface area (Å²) in [5, 5.41) is -1.00. The van der Waals surface area contributed by atoms with Crippen molar-refractivity contribution in [2.75, 3.05) is 26.4 Å². The molecule has 0 aromatic heterocycles. The molecule has 1 saturated heterocycles. The summed E-state index contributed by atoms with van der Waals surface area (Å²) in [6.07, 6.45) is 3.24. The lowest BCUT2D eigenvalue weighted by atomic mass is 10.2. The van der Waals surface area contributed by atoms with Crippen LogP contribution in [-0.2, 0) is 32.4 Å². The van der Waals surface area contributed by atoms with Crippen LogP contribution >= 0.6 is 16.1 Å². The van der Waals surface area contributed by atoms with Gasteiger partial charge in [-0.2, -0.15) is 0 Å². The molecule has 9 heteroatoms. The van der Waals surface area contributed by atoms with E-state index in [1.807, 2.05) is 13.8 Å². The van der Waals surface area contributed by atoms with Crippen molar-refractivity contribution in [3.8, 4) is 0 Å². The number of epoxide rings is 1. The van der Waals surface area contributed by atoms with E-state index in [0.717, 1.165) is 25.7 Å². The molecule has 138 valence electrons. The van der Waals surface area contributed by atoms with E-state index in [2.05, 4.69) is 0 Å². The van der Waals surface area contributed by atoms with Crippen molar-refractivity contribution in [1.29, 1.82) is 0 Å². The van der Waals surface area contributed by atoms with Crippen molar-refractivity contribution in [2.24, 2.45) is 5.92 Å². The second-order valence-corrected chi connectivity index (χ2v) is 8.91. The van der Waals surface area contributed by atoms with E-state index >= 15 is 0 Å². The van der Waals surface area contributed by atoms with Crippen LogP contribution in [0.15, 0.2) is 0 Å². The predicted molar refractivity (Wildman–Crippen MR) is 90.6 cm³/mol. The van der Waals surface area contributed by atoms with Crippen molar-refractivity contribution in [3.63, 3.8) is 0 Å². The Morgan fingerprint density at radius 1 is 1.12 bits per heavy atom. The molecule has 0 spiro atoms. The Morgan fingerprint density at radius 2 is 1.62 bits per heavy atom. The van der Waals surface area contributed by atoms with Crippen LogP contribution in [0.4, 0.5) is 0 Å². The molecule has 0 aliphatic carbocycles. The van der Waals surface area contributed by atoms with Gasteiger partial charge in [0.05, 0.1) is 6.61 Å². The Kier molecular flexibility index (Phi) is 10.8. The lowest BCUT2D eigenvalue weighted by Gasteiger charge is -2.07. The Bertz CT molecular complexity index is 404. The Hall–Kier alpha value is -0.450. The fourth-order valence-electron chi connectivity index (χ4n) is 1.79. The molecule has 0 N–H and O–H groups in total. The predicted octanol–water partition coefficient (Wildman–Crippen LogP) is 4.01. The highest BCUT2D eigenvalue weighted by Gasteiger charge is 2.58. The number of esters is 1. The number of ether oxygens (including phenoxy) is 2. The first-order valence-electron chi connectivity index (χ1n) is 8.48. The van der Waals surface area contributed by atoms with Gasteiger partial charge in [-0.1, -0.05) is 26.7 Å². The van der Waals surface area contributed by atoms with Gasteiger partial charge in [0.1, 0.15) is 25.9 Å². The van der Waals surface area contributed by atoms with Gasteiger partial charge in [-0.05, 0) is 28.9 Å². The quantitative estimate of drug-likeness (QED) is 0.194. The molecule has 0 radical (unpaired) electrons. The van der Waals surface area contributed by atoms with Gasteiger partial charge in [-0.25, -0.2) is 0 Å². The maximum Gasteiger partial charge on any atom is 0.568 e. The summed E-state index contributed by atoms with van der Waals surface area (Å²) >= 11 is 0. The third-order valence-electron chi connectivity index (χ3n) is 3.50. The standard InChI is InChI=1S/C15H28O7P2/c1-4-6-8-21-23(17)15(24(18)22-9-7-5-2)12(3)14(16)20-11-13-10-19-13/h12-13,15H,4-11H2,1-3H3/q+2. The highest BCUT2D eigenvalue weighted by atomic mass is 31.2. The second kappa shape index (κ2) is 12.0. The van der Waals surface area contributed by atoms with Crippen molar-refractivity contribution in [3.05, 3.63) is 0 Å². The Labute approximate surface area is 145 Å². The number of hydrogen-bond acceptors (Lipinski definition) is 7. The molecule has 0 bridgehead atoms. The van der Waals surface area contributed by atoms with Gasteiger partial charge in [-0.3, -0.25) is 4.79 Å². The molecular formula is C15H28O7P2+2. The smallest absolute Gasteiger partial charge is 0.462 e. The van der Waals surface area contributed by atoms with Gasteiger partial charge in [0.25, 0.3) is 0 Å². The van der Waals surface area contributed by atoms with Crippen LogP contribution in [0.5, 0.6) is 0 Å². The van der Waals surface area contributed by atoms with Crippen molar-refractivity contribution >= 4 is 22.0 Å². The van der Waals surface area contributed by atoms with Crippen LogP contribution in [0.25, 0.3) is 0 Å². The monoisotopic (exact) mass is 382 g/mol. The molecule has 1 aliphatic heterocycles. The molecule has 1 rings (SSSR count). The van der Waals surface area contributed by atoms with Gasteiger partial charge in [0.15, 0.2) is 5.92 Å². The van der Waals surface area contributed by atoms with Crippen LogP contribution in [0.1, 0.15) is 46.5 Å². The minimum Gasteiger partial charge on any atom is -0.462 e. The van der Waals surface area contributed by atoms with Gasteiger partial charge in [0.2, 0.25) is 0 Å². The first-order valence-corrected chi connectivity index (χ1v) is 11.0. The second-order valence-electron chi connectivity index (χ2n) is 5.73. The largest absolute Gasteiger partial charge is 0.568 e. The first kappa shape index (κ1) is 21.6. The molecular weight excluding hydrogens is 354 g/mol. The van der Waals surface area contributed by atoms with E-state index in [9.17, 15) is 13.9 Å². The number of hydrogen-bond donors (Lipinski definition) is 0. The highest BCUT2D eigenvalue weighted by molar-refractivity contribution is 7.59. The van der Waals surface area contributed by atoms with Gasteiger partial charge in [-0.15, -0.1) is 9.05 Å². The fraction of sp³-hybridized carbons (Fsp3) is 0.933. The van der Waals surface area contributed by atoms with Crippen LogP contribution < -0.4 is 0 Å². The lowest BCUT2D eigenvalue weighted by Crippen LogP contribution is -2.25. The molecule has 0 amide bonds. The maximum atomic E-state index is 12.4. The van der Waals surface area contributed by atoms with E-state index in [-0.39, 0.29) is 12.7 Å². The zero-order chi connectivity index (χ0) is 17.9. The summed E-state index contributed by atoms with van der Waals surface area (Å²) in [4.78, 5) is 12.1. The third kappa shape index (κ3) is 8.09. The maximum absolute atomic E-state index is 12.4. The van der Waals surface area contributed by atoms with Crippen molar-refractivity contribution in [2.45, 2.75) is 58.0 Å². The van der Waals surface area contributed by atoms with Crippen LogP contribution in [0, 0.1) is 5.92 Å². The lowest BCUT2D eigenvalue weighted by molar-refractivity contribution is -0.148. The van der Waals surface area contributed by atoms with Gasteiger partial charge < -0.3 is 9.47 Å². The third-order valence-corrected chi connectivity index (χ3v) is 7.26. The summed E-state index contributed by atoms with van der Waals surface area (Å²) in [5.41, 5.74) is 0. The molecule has 24 heavy (non-hydrogen) atoms. The highest BCUT2D eigenvalue weighted by Crippen LogP contribution is 2.50. The minimum absolute atomic E-state index is 0.0521. The Morgan fingerprint density at radius 3 is 2.04 bits per heavy atom. The average molecular weight is 382 g/mol. The molecule has 4 unspecified atom stereocenters. The van der Waals surface area contributed by atoms with Crippen molar-refractivity contribution < 1.29 is 32.4 Å². The molecule has 1 fully saturated rings. The average Bonchev–Trinajstić information content (AvgIpc) is 3.37. The summed E-state index contributed by atoms with van der Waals surface area (Å²) in [7, 11) is -4.58. The normalized spacial score (nSPS) is 20.2. The minimum atomic E-state index is -2.29. The molecule has 0 aromatic rings. The van der Waals surface area contributed by atoms with Gasteiger partial charge >= 0.3 is 27.4 Å². The van der Waals surface area contributed by atoms with E-state index in [0.29, 0.717) is 19.8 Å². The summed E-state index contributed by atoms with van der Waals surface area (Å²) in [6, 6.07) is 0. The molecule has 4 atom stereocenters. The van der Waals surface area contributed by atoms with E-state index < -0.39 is 33.3 Å². The fourth-order valence-corrected chi connectivity index (χ4v) is 4.70. The summed E-state index contributed by atoms with van der Waals surface area (Å²) in [5.74, 6) is -1.39. The van der Waals surface area contributed by atoms with Gasteiger partial charge in [0, 0.05) is 0 Å². The number of carbonyl (C=O) groups is 1. The zero-order valence-corrected chi connectivity index (χ0v) is 16.4. The van der Waals surface area contributed by atoms with E-state index in [1.54, 1.807) is 6.92 Å². The molecule has 0 aromatic carbocycles. The number of carbonyl (C=O) groups excluding carboxylic acids is 1. The van der Waals surface area contributed by atoms with E-state index in [4.69, 9.17) is 18.5 Å². The molecule has 0 saturated carbocycles. The first-order chi connectivity index (χ1) is 11.5. The van der Waals surface area contributed by atoms with Crippen molar-refractivity contribution in [1.82, 2.24) is 0 Å². The SMILES string of the molecule is CCCCO[P+](=O)C(C(C)C(=O)OCC1CO1)[P+](=O)OCCCC. The van der Waals surface area contributed by atoms with E-state index in [1.165, 1.54) is 0 Å². The van der Waals surface area contributed by atoms with Crippen LogP contribution in [0.2, 0.25) is 0 Å². The summed E-state index contributed by atoms with van der Waals surface area (Å²) in [6.45, 7) is 6.87. The zero-order valence-electron chi connectivity index (χ0n) is 14.6. The molecule has 1 heterocycles. The Balaban J connectivity index is 2.63. The summed E-state index contributed by atoms with van der Waals surface area (Å²) < 4.78 is 45.5. The number of unbranched alkanes of at least 4 members (excludes halogenated alkanes) is 2. The van der Waals surface area contributed by atoms with Crippen LogP contribution in [-0.4, -0.2) is 43.9 Å². The number of rotatable bonds is 14. The molecule has 1 aliphatic rings. The van der Waals surface area contributed by atoms with Crippen LogP contribution in [0.3, 0.4) is 0 Å².